The van der Waals surface area contributed by atoms with Crippen LogP contribution in [0.5, 0.6) is 0 Å². The maximum atomic E-state index is 12.6. The Hall–Kier alpha value is -2.64. The normalized spacial score (nSPS) is 14.6. The number of aromatic nitrogens is 4. The van der Waals surface area contributed by atoms with Crippen molar-refractivity contribution in [1.29, 1.82) is 0 Å². The number of aryl methyl sites for hydroxylation is 1. The van der Waals surface area contributed by atoms with E-state index in [-0.39, 0.29) is 18.3 Å². The molecule has 3 N–H and O–H groups in total. The molecule has 0 aliphatic carbocycles. The molecule has 1 amide bonds. The fraction of sp³-hybridized carbons (Fsp3) is 0.316. The van der Waals surface area contributed by atoms with Crippen molar-refractivity contribution in [3.8, 4) is 11.3 Å². The van der Waals surface area contributed by atoms with Crippen molar-refractivity contribution in [1.82, 2.24) is 25.1 Å². The molecule has 0 radical (unpaired) electrons. The van der Waals surface area contributed by atoms with Crippen LogP contribution in [0.1, 0.15) is 35.1 Å². The minimum atomic E-state index is -0.223. The first-order chi connectivity index (χ1) is 12.7. The van der Waals surface area contributed by atoms with Crippen LogP contribution in [0.25, 0.3) is 11.3 Å². The number of benzene rings is 1. The Bertz CT molecular complexity index is 898. The lowest BCUT2D eigenvalue weighted by Gasteiger charge is -2.19. The van der Waals surface area contributed by atoms with Crippen molar-refractivity contribution < 1.29 is 4.79 Å². The van der Waals surface area contributed by atoms with Gasteiger partial charge in [-0.15, -0.1) is 12.4 Å². The zero-order chi connectivity index (χ0) is 17.9. The first kappa shape index (κ1) is 19.1. The molecule has 2 aromatic heterocycles. The van der Waals surface area contributed by atoms with E-state index in [9.17, 15) is 4.79 Å². The SMILES string of the molecule is Cl.Cn1nc(C2CCNCC2)nc1NC(=O)c1ccc(-c2ccccc2)[nH]1. The first-order valence-corrected chi connectivity index (χ1v) is 8.88. The number of hydrogen-bond acceptors (Lipinski definition) is 4. The summed E-state index contributed by atoms with van der Waals surface area (Å²) < 4.78 is 1.64. The van der Waals surface area contributed by atoms with E-state index in [1.165, 1.54) is 0 Å². The molecule has 0 atom stereocenters. The Balaban J connectivity index is 0.00000210. The highest BCUT2D eigenvalue weighted by Gasteiger charge is 2.21. The van der Waals surface area contributed by atoms with E-state index >= 15 is 0 Å². The molecular formula is C19H23ClN6O. The maximum absolute atomic E-state index is 12.6. The summed E-state index contributed by atoms with van der Waals surface area (Å²) in [5.74, 6) is 1.41. The van der Waals surface area contributed by atoms with Crippen LogP contribution in [-0.2, 0) is 7.05 Å². The summed E-state index contributed by atoms with van der Waals surface area (Å²) in [7, 11) is 1.80. The van der Waals surface area contributed by atoms with Crippen LogP contribution in [0.3, 0.4) is 0 Å². The van der Waals surface area contributed by atoms with Crippen molar-refractivity contribution in [3.63, 3.8) is 0 Å². The highest BCUT2D eigenvalue weighted by molar-refractivity contribution is 6.02. The Kier molecular flexibility index (Phi) is 5.93. The van der Waals surface area contributed by atoms with Gasteiger partial charge in [-0.25, -0.2) is 4.68 Å². The minimum absolute atomic E-state index is 0. The van der Waals surface area contributed by atoms with Gasteiger partial charge in [0, 0.05) is 18.7 Å². The van der Waals surface area contributed by atoms with Gasteiger partial charge in [0.15, 0.2) is 5.82 Å². The van der Waals surface area contributed by atoms with Gasteiger partial charge >= 0.3 is 0 Å². The monoisotopic (exact) mass is 386 g/mol. The number of halogens is 1. The molecular weight excluding hydrogens is 364 g/mol. The van der Waals surface area contributed by atoms with Gasteiger partial charge in [-0.3, -0.25) is 10.1 Å². The van der Waals surface area contributed by atoms with E-state index in [1.807, 2.05) is 36.4 Å². The predicted molar refractivity (Wildman–Crippen MR) is 107 cm³/mol. The molecule has 3 aromatic rings. The van der Waals surface area contributed by atoms with Gasteiger partial charge in [-0.2, -0.15) is 10.1 Å². The number of hydrogen-bond donors (Lipinski definition) is 3. The lowest BCUT2D eigenvalue weighted by molar-refractivity contribution is 0.102. The third-order valence-corrected chi connectivity index (χ3v) is 4.72. The maximum Gasteiger partial charge on any atom is 0.274 e. The Morgan fingerprint density at radius 3 is 2.63 bits per heavy atom. The van der Waals surface area contributed by atoms with Crippen molar-refractivity contribution in [2.24, 2.45) is 7.05 Å². The number of carbonyl (C=O) groups is 1. The van der Waals surface area contributed by atoms with Crippen LogP contribution in [0.4, 0.5) is 5.95 Å². The molecule has 0 bridgehead atoms. The zero-order valence-corrected chi connectivity index (χ0v) is 15.9. The van der Waals surface area contributed by atoms with Crippen molar-refractivity contribution in [2.45, 2.75) is 18.8 Å². The quantitative estimate of drug-likeness (QED) is 0.643. The van der Waals surface area contributed by atoms with Gasteiger partial charge in [0.25, 0.3) is 5.91 Å². The predicted octanol–water partition coefficient (Wildman–Crippen LogP) is 2.95. The van der Waals surface area contributed by atoms with Gasteiger partial charge in [-0.1, -0.05) is 30.3 Å². The molecule has 1 aromatic carbocycles. The number of amides is 1. The number of nitrogens with one attached hydrogen (secondary N) is 3. The standard InChI is InChI=1S/C19H22N6O.ClH/c1-25-19(22-17(24-25)14-9-11-20-12-10-14)23-18(26)16-8-7-15(21-16)13-5-3-2-4-6-13;/h2-8,14,20-21H,9-12H2,1H3,(H,22,23,24,26);1H. The smallest absolute Gasteiger partial charge is 0.274 e. The number of anilines is 1. The summed E-state index contributed by atoms with van der Waals surface area (Å²) in [6.45, 7) is 1.96. The summed E-state index contributed by atoms with van der Waals surface area (Å²) in [5.41, 5.74) is 2.44. The summed E-state index contributed by atoms with van der Waals surface area (Å²) in [6, 6.07) is 13.6. The third-order valence-electron chi connectivity index (χ3n) is 4.72. The molecule has 0 unspecified atom stereocenters. The molecule has 7 nitrogen and oxygen atoms in total. The Morgan fingerprint density at radius 1 is 1.15 bits per heavy atom. The van der Waals surface area contributed by atoms with Crippen molar-refractivity contribution in [2.75, 3.05) is 18.4 Å². The van der Waals surface area contributed by atoms with E-state index in [1.54, 1.807) is 17.8 Å². The average molecular weight is 387 g/mol. The second-order valence-corrected chi connectivity index (χ2v) is 6.55. The minimum Gasteiger partial charge on any atom is -0.351 e. The summed E-state index contributed by atoms with van der Waals surface area (Å²) in [4.78, 5) is 20.3. The Labute approximate surface area is 164 Å². The number of nitrogens with zero attached hydrogens (tertiary/aromatic N) is 3. The van der Waals surface area contributed by atoms with Crippen molar-refractivity contribution in [3.05, 3.63) is 54.0 Å². The van der Waals surface area contributed by atoms with Crippen LogP contribution < -0.4 is 10.6 Å². The van der Waals surface area contributed by atoms with Crippen LogP contribution in [-0.4, -0.2) is 38.7 Å². The van der Waals surface area contributed by atoms with Crippen LogP contribution in [0, 0.1) is 0 Å². The molecule has 0 saturated carbocycles. The average Bonchev–Trinajstić information content (AvgIpc) is 3.31. The van der Waals surface area contributed by atoms with E-state index < -0.39 is 0 Å². The molecule has 1 aliphatic rings. The number of aromatic amines is 1. The van der Waals surface area contributed by atoms with Gasteiger partial charge in [0.2, 0.25) is 5.95 Å². The Morgan fingerprint density at radius 2 is 1.89 bits per heavy atom. The molecule has 1 aliphatic heterocycles. The topological polar surface area (TPSA) is 87.6 Å². The fourth-order valence-corrected chi connectivity index (χ4v) is 3.25. The van der Waals surface area contributed by atoms with Crippen LogP contribution in [0.2, 0.25) is 0 Å². The second kappa shape index (κ2) is 8.37. The van der Waals surface area contributed by atoms with E-state index in [0.717, 1.165) is 43.0 Å². The largest absolute Gasteiger partial charge is 0.351 e. The molecule has 4 rings (SSSR count). The van der Waals surface area contributed by atoms with Crippen molar-refractivity contribution >= 4 is 24.3 Å². The lowest BCUT2D eigenvalue weighted by atomic mass is 9.98. The first-order valence-electron chi connectivity index (χ1n) is 8.88. The van der Waals surface area contributed by atoms with Crippen LogP contribution in [0.15, 0.2) is 42.5 Å². The van der Waals surface area contributed by atoms with E-state index in [0.29, 0.717) is 17.6 Å². The molecule has 1 saturated heterocycles. The highest BCUT2D eigenvalue weighted by atomic mass is 35.5. The summed E-state index contributed by atoms with van der Waals surface area (Å²) in [6.07, 6.45) is 2.04. The van der Waals surface area contributed by atoms with E-state index in [4.69, 9.17) is 0 Å². The van der Waals surface area contributed by atoms with E-state index in [2.05, 4.69) is 25.7 Å². The second-order valence-electron chi connectivity index (χ2n) is 6.55. The highest BCUT2D eigenvalue weighted by Crippen LogP contribution is 2.23. The van der Waals surface area contributed by atoms with Gasteiger partial charge < -0.3 is 10.3 Å². The molecule has 1 fully saturated rings. The fourth-order valence-electron chi connectivity index (χ4n) is 3.25. The molecule has 3 heterocycles. The summed E-state index contributed by atoms with van der Waals surface area (Å²) >= 11 is 0. The molecule has 0 spiro atoms. The number of rotatable bonds is 4. The number of piperidine rings is 1. The van der Waals surface area contributed by atoms with Gasteiger partial charge in [-0.05, 0) is 43.6 Å². The molecule has 8 heteroatoms. The van der Waals surface area contributed by atoms with Gasteiger partial charge in [0.1, 0.15) is 5.69 Å². The molecule has 27 heavy (non-hydrogen) atoms. The summed E-state index contributed by atoms with van der Waals surface area (Å²) in [5, 5.41) is 10.7. The van der Waals surface area contributed by atoms with Gasteiger partial charge in [0.05, 0.1) is 0 Å². The zero-order valence-electron chi connectivity index (χ0n) is 15.1. The molecule has 142 valence electrons. The lowest BCUT2D eigenvalue weighted by Crippen LogP contribution is -2.27. The number of carbonyl (C=O) groups excluding carboxylic acids is 1. The van der Waals surface area contributed by atoms with Crippen LogP contribution >= 0.6 is 12.4 Å². The third kappa shape index (κ3) is 4.20. The number of H-pyrrole nitrogens is 1.